The first-order chi connectivity index (χ1) is 11.4. The predicted octanol–water partition coefficient (Wildman–Crippen LogP) is 3.91. The molecule has 2 aliphatic rings. The van der Waals surface area contributed by atoms with E-state index in [0.29, 0.717) is 18.2 Å². The summed E-state index contributed by atoms with van der Waals surface area (Å²) >= 11 is 0. The van der Waals surface area contributed by atoms with E-state index in [1.165, 1.54) is 23.9 Å². The highest BCUT2D eigenvalue weighted by Gasteiger charge is 2.40. The summed E-state index contributed by atoms with van der Waals surface area (Å²) in [6.45, 7) is 0.495. The lowest BCUT2D eigenvalue weighted by molar-refractivity contribution is -0.142. The van der Waals surface area contributed by atoms with Gasteiger partial charge in [0.15, 0.2) is 5.69 Å². The number of carbonyl (C=O) groups is 1. The van der Waals surface area contributed by atoms with Crippen LogP contribution in [0.4, 0.5) is 18.0 Å². The summed E-state index contributed by atoms with van der Waals surface area (Å²) < 4.78 is 41.1. The van der Waals surface area contributed by atoms with Crippen molar-refractivity contribution in [2.24, 2.45) is 5.92 Å². The molecule has 1 amide bonds. The van der Waals surface area contributed by atoms with Gasteiger partial charge in [-0.1, -0.05) is 32.1 Å². The van der Waals surface area contributed by atoms with Crippen LogP contribution in [0.25, 0.3) is 0 Å². The molecule has 134 valence electrons. The average molecular weight is 345 g/mol. The van der Waals surface area contributed by atoms with Crippen molar-refractivity contribution in [1.29, 1.82) is 0 Å². The van der Waals surface area contributed by atoms with Gasteiger partial charge in [-0.05, 0) is 18.8 Å². The van der Waals surface area contributed by atoms with E-state index < -0.39 is 18.0 Å². The number of aryl methyl sites for hydroxylation is 1. The summed E-state index contributed by atoms with van der Waals surface area (Å²) in [6.07, 6.45) is 1.12. The van der Waals surface area contributed by atoms with Crippen LogP contribution in [0.5, 0.6) is 0 Å². The Labute approximate surface area is 138 Å². The molecule has 0 aromatic carbocycles. The van der Waals surface area contributed by atoms with Crippen LogP contribution in [0.15, 0.2) is 0 Å². The molecule has 1 aliphatic heterocycles. The molecule has 1 aromatic rings. The Morgan fingerprint density at radius 3 is 2.58 bits per heavy atom. The first kappa shape index (κ1) is 17.1. The van der Waals surface area contributed by atoms with Crippen LogP contribution in [-0.2, 0) is 25.7 Å². The number of carboxylic acid groups (broad SMARTS) is 1. The van der Waals surface area contributed by atoms with Gasteiger partial charge >= 0.3 is 12.3 Å². The van der Waals surface area contributed by atoms with Crippen molar-refractivity contribution in [1.82, 2.24) is 14.7 Å². The van der Waals surface area contributed by atoms with Crippen molar-refractivity contribution < 1.29 is 23.1 Å². The molecular weight excluding hydrogens is 323 g/mol. The summed E-state index contributed by atoms with van der Waals surface area (Å²) in [7, 11) is 0. The summed E-state index contributed by atoms with van der Waals surface area (Å²) in [5.74, 6) is 0.534. The van der Waals surface area contributed by atoms with E-state index in [2.05, 4.69) is 5.10 Å². The molecule has 1 aromatic heterocycles. The summed E-state index contributed by atoms with van der Waals surface area (Å²) in [5.41, 5.74) is -0.262. The Bertz CT molecular complexity index is 606. The van der Waals surface area contributed by atoms with Crippen LogP contribution >= 0.6 is 0 Å². The minimum absolute atomic E-state index is 0.0155. The Hall–Kier alpha value is -1.73. The van der Waals surface area contributed by atoms with Gasteiger partial charge in [0.2, 0.25) is 0 Å². The fourth-order valence-corrected chi connectivity index (χ4v) is 3.84. The fraction of sp³-hybridized carbons (Fsp3) is 0.750. The number of hydrogen-bond acceptors (Lipinski definition) is 2. The van der Waals surface area contributed by atoms with Crippen LogP contribution in [0.1, 0.15) is 55.5 Å². The molecule has 0 saturated heterocycles. The SMILES string of the molecule is O=C(O)N1CCc2c(C(F)(F)F)nn(CCC3CCCCC3)c2C1. The second-order valence-corrected chi connectivity index (χ2v) is 6.74. The van der Waals surface area contributed by atoms with E-state index in [4.69, 9.17) is 5.11 Å². The van der Waals surface area contributed by atoms with E-state index in [1.54, 1.807) is 0 Å². The maximum absolute atomic E-state index is 13.2. The van der Waals surface area contributed by atoms with Crippen LogP contribution in [0.3, 0.4) is 0 Å². The smallest absolute Gasteiger partial charge is 0.435 e. The molecule has 1 N–H and O–H groups in total. The van der Waals surface area contributed by atoms with Crippen molar-refractivity contribution in [3.05, 3.63) is 17.0 Å². The lowest BCUT2D eigenvalue weighted by Gasteiger charge is -2.26. The fourth-order valence-electron chi connectivity index (χ4n) is 3.84. The predicted molar refractivity (Wildman–Crippen MR) is 80.6 cm³/mol. The van der Waals surface area contributed by atoms with Crippen molar-refractivity contribution in [2.75, 3.05) is 6.54 Å². The van der Waals surface area contributed by atoms with Gasteiger partial charge in [0, 0.05) is 18.7 Å². The molecule has 0 bridgehead atoms. The van der Waals surface area contributed by atoms with Crippen molar-refractivity contribution in [3.8, 4) is 0 Å². The summed E-state index contributed by atoms with van der Waals surface area (Å²) in [5, 5.41) is 12.9. The lowest BCUT2D eigenvalue weighted by atomic mass is 9.87. The lowest BCUT2D eigenvalue weighted by Crippen LogP contribution is -2.36. The van der Waals surface area contributed by atoms with Crippen LogP contribution in [-0.4, -0.2) is 32.4 Å². The standard InChI is InChI=1S/C16H22F3N3O2/c17-16(18,19)14-12-7-8-21(15(23)24)10-13(12)22(20-14)9-6-11-4-2-1-3-5-11/h11H,1-10H2,(H,23,24). The average Bonchev–Trinajstić information content (AvgIpc) is 2.92. The van der Waals surface area contributed by atoms with Gasteiger partial charge in [-0.25, -0.2) is 4.79 Å². The van der Waals surface area contributed by atoms with Gasteiger partial charge in [-0.2, -0.15) is 18.3 Å². The number of hydrogen-bond donors (Lipinski definition) is 1. The first-order valence-electron chi connectivity index (χ1n) is 8.50. The molecule has 0 radical (unpaired) electrons. The zero-order valence-electron chi connectivity index (χ0n) is 13.5. The molecule has 0 spiro atoms. The number of aromatic nitrogens is 2. The van der Waals surface area contributed by atoms with Crippen LogP contribution < -0.4 is 0 Å². The van der Waals surface area contributed by atoms with E-state index in [0.717, 1.165) is 24.2 Å². The molecule has 2 heterocycles. The Morgan fingerprint density at radius 1 is 1.25 bits per heavy atom. The number of amides is 1. The third-order valence-electron chi connectivity index (χ3n) is 5.15. The zero-order valence-corrected chi connectivity index (χ0v) is 13.5. The van der Waals surface area contributed by atoms with Crippen LogP contribution in [0, 0.1) is 5.92 Å². The first-order valence-corrected chi connectivity index (χ1v) is 8.50. The third kappa shape index (κ3) is 3.52. The van der Waals surface area contributed by atoms with Crippen molar-refractivity contribution in [3.63, 3.8) is 0 Å². The molecule has 3 rings (SSSR count). The molecule has 0 atom stereocenters. The normalized spacial score (nSPS) is 19.4. The second kappa shape index (κ2) is 6.64. The Balaban J connectivity index is 1.82. The molecule has 1 fully saturated rings. The zero-order chi connectivity index (χ0) is 17.3. The van der Waals surface area contributed by atoms with Gasteiger partial charge in [0.05, 0.1) is 12.2 Å². The van der Waals surface area contributed by atoms with Gasteiger partial charge in [-0.3, -0.25) is 4.68 Å². The summed E-state index contributed by atoms with van der Waals surface area (Å²) in [6, 6.07) is 0. The molecule has 0 unspecified atom stereocenters. The number of alkyl halides is 3. The summed E-state index contributed by atoms with van der Waals surface area (Å²) in [4.78, 5) is 12.3. The van der Waals surface area contributed by atoms with Gasteiger partial charge in [-0.15, -0.1) is 0 Å². The highest BCUT2D eigenvalue weighted by atomic mass is 19.4. The number of halogens is 3. The van der Waals surface area contributed by atoms with E-state index in [-0.39, 0.29) is 25.1 Å². The molecule has 24 heavy (non-hydrogen) atoms. The minimum atomic E-state index is -4.49. The highest BCUT2D eigenvalue weighted by molar-refractivity contribution is 5.65. The van der Waals surface area contributed by atoms with Crippen LogP contribution in [0.2, 0.25) is 0 Å². The van der Waals surface area contributed by atoms with E-state index in [1.807, 2.05) is 0 Å². The maximum atomic E-state index is 13.2. The van der Waals surface area contributed by atoms with E-state index >= 15 is 0 Å². The minimum Gasteiger partial charge on any atom is -0.465 e. The Morgan fingerprint density at radius 2 is 1.96 bits per heavy atom. The van der Waals surface area contributed by atoms with Crippen molar-refractivity contribution in [2.45, 2.75) is 64.2 Å². The molecule has 8 heteroatoms. The van der Waals surface area contributed by atoms with E-state index in [9.17, 15) is 18.0 Å². The quantitative estimate of drug-likeness (QED) is 0.904. The molecule has 1 aliphatic carbocycles. The number of rotatable bonds is 3. The monoisotopic (exact) mass is 345 g/mol. The second-order valence-electron chi connectivity index (χ2n) is 6.74. The molecule has 5 nitrogen and oxygen atoms in total. The van der Waals surface area contributed by atoms with Crippen molar-refractivity contribution >= 4 is 6.09 Å². The van der Waals surface area contributed by atoms with Gasteiger partial charge < -0.3 is 10.0 Å². The third-order valence-corrected chi connectivity index (χ3v) is 5.15. The van der Waals surface area contributed by atoms with Gasteiger partial charge in [0.1, 0.15) is 0 Å². The van der Waals surface area contributed by atoms with Gasteiger partial charge in [0.25, 0.3) is 0 Å². The number of nitrogens with zero attached hydrogens (tertiary/aromatic N) is 3. The maximum Gasteiger partial charge on any atom is 0.435 e. The Kier molecular flexibility index (Phi) is 4.73. The molecular formula is C16H22F3N3O2. The highest BCUT2D eigenvalue weighted by Crippen LogP contribution is 2.35. The molecule has 1 saturated carbocycles. The topological polar surface area (TPSA) is 58.4 Å². The number of fused-ring (bicyclic) bond motifs is 1. The largest absolute Gasteiger partial charge is 0.465 e.